The van der Waals surface area contributed by atoms with Gasteiger partial charge in [-0.25, -0.2) is 9.37 Å². The number of amides is 2. The summed E-state index contributed by atoms with van der Waals surface area (Å²) in [5.41, 5.74) is 2.70. The highest BCUT2D eigenvalue weighted by Crippen LogP contribution is 2.27. The maximum atomic E-state index is 13.2. The molecule has 0 bridgehead atoms. The van der Waals surface area contributed by atoms with E-state index in [0.717, 1.165) is 31.0 Å². The number of imidazole rings is 1. The first-order valence-corrected chi connectivity index (χ1v) is 10.6. The van der Waals surface area contributed by atoms with Crippen molar-refractivity contribution in [2.45, 2.75) is 13.0 Å². The molecule has 4 heterocycles. The number of nitrogens with zero attached hydrogens (tertiary/aromatic N) is 5. The first kappa shape index (κ1) is 19.7. The highest BCUT2D eigenvalue weighted by molar-refractivity contribution is 6.00. The maximum absolute atomic E-state index is 13.2. The molecule has 2 saturated heterocycles. The SMILES string of the molecule is O=C(C1CC(=O)N(c2ccc(F)cc2)C1)N1CCN(Cc2cnc3ccccn23)CC1. The van der Waals surface area contributed by atoms with Crippen LogP contribution >= 0.6 is 0 Å². The Labute approximate surface area is 179 Å². The van der Waals surface area contributed by atoms with Crippen molar-refractivity contribution < 1.29 is 14.0 Å². The molecule has 31 heavy (non-hydrogen) atoms. The van der Waals surface area contributed by atoms with Gasteiger partial charge in [-0.05, 0) is 36.4 Å². The molecular weight excluding hydrogens is 397 g/mol. The zero-order chi connectivity index (χ0) is 21.4. The molecule has 0 spiro atoms. The van der Waals surface area contributed by atoms with Gasteiger partial charge in [0.2, 0.25) is 11.8 Å². The second-order valence-corrected chi connectivity index (χ2v) is 8.16. The Kier molecular flexibility index (Phi) is 5.15. The van der Waals surface area contributed by atoms with Gasteiger partial charge in [0.1, 0.15) is 11.5 Å². The minimum atomic E-state index is -0.345. The van der Waals surface area contributed by atoms with Gasteiger partial charge in [0, 0.05) is 57.6 Å². The molecule has 8 heteroatoms. The summed E-state index contributed by atoms with van der Waals surface area (Å²) in [5, 5.41) is 0. The van der Waals surface area contributed by atoms with Crippen LogP contribution in [0.25, 0.3) is 5.65 Å². The Morgan fingerprint density at radius 2 is 1.84 bits per heavy atom. The average molecular weight is 421 g/mol. The molecule has 0 saturated carbocycles. The van der Waals surface area contributed by atoms with Crippen molar-refractivity contribution >= 4 is 23.1 Å². The van der Waals surface area contributed by atoms with Crippen molar-refractivity contribution in [1.29, 1.82) is 0 Å². The third kappa shape index (κ3) is 3.90. The summed E-state index contributed by atoms with van der Waals surface area (Å²) < 4.78 is 15.3. The van der Waals surface area contributed by atoms with E-state index in [1.807, 2.05) is 35.5 Å². The summed E-state index contributed by atoms with van der Waals surface area (Å²) in [7, 11) is 0. The fourth-order valence-electron chi connectivity index (χ4n) is 4.46. The van der Waals surface area contributed by atoms with E-state index in [1.54, 1.807) is 17.0 Å². The van der Waals surface area contributed by atoms with Crippen molar-refractivity contribution in [2.24, 2.45) is 5.92 Å². The summed E-state index contributed by atoms with van der Waals surface area (Å²) in [6, 6.07) is 11.8. The quantitative estimate of drug-likeness (QED) is 0.648. The molecule has 2 amide bonds. The summed E-state index contributed by atoms with van der Waals surface area (Å²) in [4.78, 5) is 35.7. The van der Waals surface area contributed by atoms with Gasteiger partial charge in [-0.15, -0.1) is 0 Å². The number of halogens is 1. The second-order valence-electron chi connectivity index (χ2n) is 8.16. The van der Waals surface area contributed by atoms with E-state index < -0.39 is 0 Å². The third-order valence-corrected chi connectivity index (χ3v) is 6.18. The molecule has 3 aromatic rings. The van der Waals surface area contributed by atoms with E-state index in [-0.39, 0.29) is 30.0 Å². The van der Waals surface area contributed by atoms with Crippen LogP contribution in [-0.2, 0) is 16.1 Å². The van der Waals surface area contributed by atoms with Gasteiger partial charge in [0.25, 0.3) is 0 Å². The smallest absolute Gasteiger partial charge is 0.228 e. The predicted octanol–water partition coefficient (Wildman–Crippen LogP) is 2.17. The highest BCUT2D eigenvalue weighted by atomic mass is 19.1. The monoisotopic (exact) mass is 421 g/mol. The van der Waals surface area contributed by atoms with E-state index in [9.17, 15) is 14.0 Å². The maximum Gasteiger partial charge on any atom is 0.228 e. The van der Waals surface area contributed by atoms with Gasteiger partial charge in [-0.2, -0.15) is 0 Å². The molecule has 160 valence electrons. The predicted molar refractivity (Wildman–Crippen MR) is 114 cm³/mol. The van der Waals surface area contributed by atoms with Gasteiger partial charge in [0.05, 0.1) is 17.8 Å². The second kappa shape index (κ2) is 8.11. The third-order valence-electron chi connectivity index (χ3n) is 6.18. The Balaban J connectivity index is 1.17. The zero-order valence-electron chi connectivity index (χ0n) is 17.2. The van der Waals surface area contributed by atoms with Gasteiger partial charge in [-0.1, -0.05) is 6.07 Å². The lowest BCUT2D eigenvalue weighted by molar-refractivity contribution is -0.137. The summed E-state index contributed by atoms with van der Waals surface area (Å²) in [6.45, 7) is 4.01. The van der Waals surface area contributed by atoms with Crippen LogP contribution in [0.5, 0.6) is 0 Å². The number of hydrogen-bond donors (Lipinski definition) is 0. The molecule has 0 aliphatic carbocycles. The number of aromatic nitrogens is 2. The fourth-order valence-corrected chi connectivity index (χ4v) is 4.46. The number of fused-ring (bicyclic) bond motifs is 1. The molecule has 5 rings (SSSR count). The first-order chi connectivity index (χ1) is 15.1. The van der Waals surface area contributed by atoms with Crippen molar-refractivity contribution in [3.05, 3.63) is 66.4 Å². The lowest BCUT2D eigenvalue weighted by Gasteiger charge is -2.35. The van der Waals surface area contributed by atoms with Gasteiger partial charge in [-0.3, -0.25) is 14.5 Å². The zero-order valence-corrected chi connectivity index (χ0v) is 17.2. The van der Waals surface area contributed by atoms with Crippen molar-refractivity contribution in [2.75, 3.05) is 37.6 Å². The number of rotatable bonds is 4. The number of anilines is 1. The highest BCUT2D eigenvalue weighted by Gasteiger charge is 2.38. The molecule has 0 N–H and O–H groups in total. The molecule has 2 fully saturated rings. The van der Waals surface area contributed by atoms with E-state index in [2.05, 4.69) is 14.3 Å². The molecule has 7 nitrogen and oxygen atoms in total. The van der Waals surface area contributed by atoms with Crippen LogP contribution in [0.4, 0.5) is 10.1 Å². The van der Waals surface area contributed by atoms with E-state index in [4.69, 9.17) is 0 Å². The standard InChI is InChI=1S/C23H24FN5O2/c24-18-4-6-19(7-5-18)29-15-17(13-22(29)30)23(31)27-11-9-26(10-12-27)16-20-14-25-21-3-1-2-8-28(20)21/h1-8,14,17H,9-13,15-16H2. The summed E-state index contributed by atoms with van der Waals surface area (Å²) >= 11 is 0. The average Bonchev–Trinajstić information content (AvgIpc) is 3.38. The Morgan fingerprint density at radius 3 is 2.61 bits per heavy atom. The number of piperazine rings is 1. The molecule has 1 aromatic carbocycles. The van der Waals surface area contributed by atoms with Crippen LogP contribution in [0.2, 0.25) is 0 Å². The topological polar surface area (TPSA) is 61.2 Å². The lowest BCUT2D eigenvalue weighted by Crippen LogP contribution is -2.50. The van der Waals surface area contributed by atoms with E-state index in [0.29, 0.717) is 25.3 Å². The molecular formula is C23H24FN5O2. The van der Waals surface area contributed by atoms with Gasteiger partial charge < -0.3 is 14.2 Å². The van der Waals surface area contributed by atoms with Crippen molar-refractivity contribution in [3.8, 4) is 0 Å². The number of carbonyl (C=O) groups excluding carboxylic acids is 2. The number of benzene rings is 1. The Bertz CT molecular complexity index is 1100. The molecule has 1 unspecified atom stereocenters. The molecule has 2 aromatic heterocycles. The van der Waals surface area contributed by atoms with Crippen LogP contribution in [0.3, 0.4) is 0 Å². The number of carbonyl (C=O) groups is 2. The summed E-state index contributed by atoms with van der Waals surface area (Å²) in [6.07, 6.45) is 4.13. The van der Waals surface area contributed by atoms with Crippen LogP contribution in [0.15, 0.2) is 54.9 Å². The number of pyridine rings is 1. The fraction of sp³-hybridized carbons (Fsp3) is 0.348. The van der Waals surface area contributed by atoms with Crippen molar-refractivity contribution in [3.63, 3.8) is 0 Å². The molecule has 2 aliphatic heterocycles. The van der Waals surface area contributed by atoms with Gasteiger partial charge >= 0.3 is 0 Å². The normalized spacial score (nSPS) is 20.0. The summed E-state index contributed by atoms with van der Waals surface area (Å²) in [5.74, 6) is -0.740. The largest absolute Gasteiger partial charge is 0.340 e. The van der Waals surface area contributed by atoms with Crippen LogP contribution in [-0.4, -0.2) is 63.7 Å². The molecule has 2 aliphatic rings. The van der Waals surface area contributed by atoms with Crippen LogP contribution in [0, 0.1) is 11.7 Å². The Morgan fingerprint density at radius 1 is 1.06 bits per heavy atom. The Hall–Kier alpha value is -3.26. The lowest BCUT2D eigenvalue weighted by atomic mass is 10.1. The minimum absolute atomic E-state index is 0.0346. The van der Waals surface area contributed by atoms with Gasteiger partial charge in [0.15, 0.2) is 0 Å². The number of hydrogen-bond acceptors (Lipinski definition) is 4. The van der Waals surface area contributed by atoms with E-state index >= 15 is 0 Å². The van der Waals surface area contributed by atoms with Crippen molar-refractivity contribution in [1.82, 2.24) is 19.2 Å². The molecule has 0 radical (unpaired) electrons. The van der Waals surface area contributed by atoms with Crippen LogP contribution < -0.4 is 4.90 Å². The van der Waals surface area contributed by atoms with E-state index in [1.165, 1.54) is 12.1 Å². The molecule has 1 atom stereocenters. The van der Waals surface area contributed by atoms with Crippen LogP contribution in [0.1, 0.15) is 12.1 Å². The minimum Gasteiger partial charge on any atom is -0.340 e. The first-order valence-electron chi connectivity index (χ1n) is 10.6.